The molecule has 0 atom stereocenters. The van der Waals surface area contributed by atoms with Crippen LogP contribution in [0.4, 0.5) is 0 Å². The highest BCUT2D eigenvalue weighted by atomic mass is 15.2. The van der Waals surface area contributed by atoms with Crippen LogP contribution in [0.15, 0.2) is 24.3 Å². The molecular formula is C14H20N2. The van der Waals surface area contributed by atoms with Gasteiger partial charge in [-0.3, -0.25) is 5.41 Å². The Bertz CT molecular complexity index is 359. The van der Waals surface area contributed by atoms with E-state index in [-0.39, 0.29) is 0 Å². The largest absolute Gasteiger partial charge is 0.357 e. The van der Waals surface area contributed by atoms with Gasteiger partial charge in [0.25, 0.3) is 0 Å². The van der Waals surface area contributed by atoms with Crippen LogP contribution >= 0.6 is 0 Å². The minimum atomic E-state index is 0.565. The molecule has 0 unspecified atom stereocenters. The fourth-order valence-corrected chi connectivity index (χ4v) is 2.15. The van der Waals surface area contributed by atoms with Gasteiger partial charge in [-0.2, -0.15) is 0 Å². The average Bonchev–Trinajstić information content (AvgIpc) is 2.81. The summed E-state index contributed by atoms with van der Waals surface area (Å²) in [6, 6.07) is 8.45. The lowest BCUT2D eigenvalue weighted by molar-refractivity contribution is 0.517. The highest BCUT2D eigenvalue weighted by molar-refractivity contribution is 5.96. The molecule has 0 amide bonds. The topological polar surface area (TPSA) is 27.1 Å². The smallest absolute Gasteiger partial charge is 0.128 e. The van der Waals surface area contributed by atoms with Crippen LogP contribution in [0.25, 0.3) is 0 Å². The summed E-state index contributed by atoms with van der Waals surface area (Å²) >= 11 is 0. The maximum Gasteiger partial charge on any atom is 0.128 e. The molecule has 2 heteroatoms. The van der Waals surface area contributed by atoms with Gasteiger partial charge in [0.15, 0.2) is 0 Å². The molecule has 1 aliphatic heterocycles. The Balaban J connectivity index is 2.11. The summed E-state index contributed by atoms with van der Waals surface area (Å²) < 4.78 is 0. The third-order valence-corrected chi connectivity index (χ3v) is 3.27. The lowest BCUT2D eigenvalue weighted by Gasteiger charge is -2.18. The number of hydrogen-bond donors (Lipinski definition) is 1. The Morgan fingerprint density at radius 2 is 1.69 bits per heavy atom. The van der Waals surface area contributed by atoms with E-state index in [1.807, 2.05) is 0 Å². The van der Waals surface area contributed by atoms with Crippen molar-refractivity contribution in [2.45, 2.75) is 32.6 Å². The first-order chi connectivity index (χ1) is 7.68. The fraction of sp³-hybridized carbons (Fsp3) is 0.500. The van der Waals surface area contributed by atoms with E-state index in [0.29, 0.717) is 11.8 Å². The third-order valence-electron chi connectivity index (χ3n) is 3.27. The molecule has 2 nitrogen and oxygen atoms in total. The van der Waals surface area contributed by atoms with Crippen molar-refractivity contribution in [3.63, 3.8) is 0 Å². The van der Waals surface area contributed by atoms with Crippen molar-refractivity contribution in [2.24, 2.45) is 0 Å². The van der Waals surface area contributed by atoms with Crippen molar-refractivity contribution in [1.29, 1.82) is 5.41 Å². The molecule has 0 aliphatic carbocycles. The normalized spacial score (nSPS) is 15.8. The Morgan fingerprint density at radius 1 is 1.12 bits per heavy atom. The quantitative estimate of drug-likeness (QED) is 0.596. The second kappa shape index (κ2) is 4.69. The Labute approximate surface area is 97.8 Å². The zero-order chi connectivity index (χ0) is 11.5. The highest BCUT2D eigenvalue weighted by Crippen LogP contribution is 2.17. The van der Waals surface area contributed by atoms with Crippen LogP contribution in [-0.2, 0) is 0 Å². The molecule has 1 aliphatic rings. The molecule has 86 valence electrons. The molecule has 1 N–H and O–H groups in total. The van der Waals surface area contributed by atoms with E-state index < -0.39 is 0 Å². The molecule has 1 aromatic carbocycles. The number of nitrogens with zero attached hydrogens (tertiary/aromatic N) is 1. The molecule has 0 spiro atoms. The zero-order valence-corrected chi connectivity index (χ0v) is 10.2. The first kappa shape index (κ1) is 11.2. The van der Waals surface area contributed by atoms with Crippen molar-refractivity contribution in [1.82, 2.24) is 4.90 Å². The first-order valence-electron chi connectivity index (χ1n) is 6.12. The summed E-state index contributed by atoms with van der Waals surface area (Å²) in [7, 11) is 0. The highest BCUT2D eigenvalue weighted by Gasteiger charge is 2.16. The molecule has 1 aromatic rings. The summed E-state index contributed by atoms with van der Waals surface area (Å²) in [6.45, 7) is 6.48. The van der Waals surface area contributed by atoms with Gasteiger partial charge in [-0.25, -0.2) is 0 Å². The van der Waals surface area contributed by atoms with E-state index in [2.05, 4.69) is 43.0 Å². The number of rotatable bonds is 2. The molecule has 2 rings (SSSR count). The molecule has 1 saturated heterocycles. The summed E-state index contributed by atoms with van der Waals surface area (Å²) in [5.74, 6) is 1.25. The average molecular weight is 216 g/mol. The Morgan fingerprint density at radius 3 is 2.19 bits per heavy atom. The number of hydrogen-bond acceptors (Lipinski definition) is 1. The van der Waals surface area contributed by atoms with Gasteiger partial charge in [0.1, 0.15) is 5.84 Å². The van der Waals surface area contributed by atoms with E-state index in [0.717, 1.165) is 18.7 Å². The second-order valence-electron chi connectivity index (χ2n) is 4.82. The fourth-order valence-electron chi connectivity index (χ4n) is 2.15. The van der Waals surface area contributed by atoms with E-state index in [9.17, 15) is 0 Å². The van der Waals surface area contributed by atoms with Gasteiger partial charge in [-0.15, -0.1) is 0 Å². The first-order valence-corrected chi connectivity index (χ1v) is 6.12. The summed E-state index contributed by atoms with van der Waals surface area (Å²) in [6.07, 6.45) is 2.46. The molecule has 16 heavy (non-hydrogen) atoms. The van der Waals surface area contributed by atoms with Gasteiger partial charge in [0, 0.05) is 18.7 Å². The lowest BCUT2D eigenvalue weighted by atomic mass is 10.0. The van der Waals surface area contributed by atoms with Crippen LogP contribution in [0, 0.1) is 5.41 Å². The van der Waals surface area contributed by atoms with Crippen molar-refractivity contribution in [3.8, 4) is 0 Å². The van der Waals surface area contributed by atoms with Gasteiger partial charge in [-0.05, 0) is 24.3 Å². The van der Waals surface area contributed by atoms with Crippen molar-refractivity contribution >= 4 is 5.84 Å². The van der Waals surface area contributed by atoms with Gasteiger partial charge in [-0.1, -0.05) is 38.1 Å². The predicted octanol–water partition coefficient (Wildman–Crippen LogP) is 3.23. The summed E-state index contributed by atoms with van der Waals surface area (Å²) in [5, 5.41) is 8.13. The standard InChI is InChI=1S/C14H20N2/c1-11(2)12-5-7-13(8-6-12)14(15)16-9-3-4-10-16/h5-8,11,15H,3-4,9-10H2,1-2H3. The summed E-state index contributed by atoms with van der Waals surface area (Å²) in [5.41, 5.74) is 2.39. The Kier molecular flexibility index (Phi) is 3.28. The molecule has 0 bridgehead atoms. The van der Waals surface area contributed by atoms with Crippen LogP contribution in [0.1, 0.15) is 43.7 Å². The van der Waals surface area contributed by atoms with Crippen LogP contribution in [0.2, 0.25) is 0 Å². The van der Waals surface area contributed by atoms with Crippen molar-refractivity contribution in [3.05, 3.63) is 35.4 Å². The van der Waals surface area contributed by atoms with Gasteiger partial charge >= 0.3 is 0 Å². The van der Waals surface area contributed by atoms with Crippen molar-refractivity contribution < 1.29 is 0 Å². The number of benzene rings is 1. The third kappa shape index (κ3) is 2.26. The predicted molar refractivity (Wildman–Crippen MR) is 68.2 cm³/mol. The summed E-state index contributed by atoms with van der Waals surface area (Å²) in [4.78, 5) is 2.17. The monoisotopic (exact) mass is 216 g/mol. The van der Waals surface area contributed by atoms with Crippen LogP contribution in [0.3, 0.4) is 0 Å². The van der Waals surface area contributed by atoms with E-state index in [1.165, 1.54) is 18.4 Å². The van der Waals surface area contributed by atoms with Gasteiger partial charge < -0.3 is 4.90 Å². The maximum absolute atomic E-state index is 8.13. The van der Waals surface area contributed by atoms with Crippen LogP contribution in [0.5, 0.6) is 0 Å². The second-order valence-corrected chi connectivity index (χ2v) is 4.82. The Hall–Kier alpha value is -1.31. The number of likely N-dealkylation sites (tertiary alicyclic amines) is 1. The minimum Gasteiger partial charge on any atom is -0.357 e. The molecule has 0 aromatic heterocycles. The maximum atomic E-state index is 8.13. The van der Waals surface area contributed by atoms with E-state index in [1.54, 1.807) is 0 Å². The van der Waals surface area contributed by atoms with E-state index >= 15 is 0 Å². The zero-order valence-electron chi connectivity index (χ0n) is 10.2. The van der Waals surface area contributed by atoms with Crippen molar-refractivity contribution in [2.75, 3.05) is 13.1 Å². The number of nitrogens with one attached hydrogen (secondary N) is 1. The van der Waals surface area contributed by atoms with Gasteiger partial charge in [0.05, 0.1) is 0 Å². The molecular weight excluding hydrogens is 196 g/mol. The van der Waals surface area contributed by atoms with Crippen LogP contribution < -0.4 is 0 Å². The SMILES string of the molecule is CC(C)c1ccc(C(=N)N2CCCC2)cc1. The number of amidine groups is 1. The molecule has 1 heterocycles. The lowest BCUT2D eigenvalue weighted by Crippen LogP contribution is -2.27. The molecule has 0 radical (unpaired) electrons. The van der Waals surface area contributed by atoms with Crippen LogP contribution in [-0.4, -0.2) is 23.8 Å². The molecule has 0 saturated carbocycles. The van der Waals surface area contributed by atoms with E-state index in [4.69, 9.17) is 5.41 Å². The van der Waals surface area contributed by atoms with Gasteiger partial charge in [0.2, 0.25) is 0 Å². The molecule has 1 fully saturated rings. The minimum absolute atomic E-state index is 0.565.